The molecule has 0 aromatic heterocycles. The Morgan fingerprint density at radius 3 is 2.50 bits per heavy atom. The molecule has 1 heterocycles. The molecule has 1 aliphatic heterocycles. The predicted octanol–water partition coefficient (Wildman–Crippen LogP) is 3.24. The standard InChI is InChI=1S/C18H23NO3/c1-14-17(22-12-11-21-14)18(20)19(16-9-5-6-10-16)13-15-7-3-2-4-8-15/h2-4,7-8,16H,5-6,9-13H2,1H3. The van der Waals surface area contributed by atoms with Crippen molar-refractivity contribution in [1.82, 2.24) is 4.90 Å². The van der Waals surface area contributed by atoms with Crippen LogP contribution in [0.3, 0.4) is 0 Å². The van der Waals surface area contributed by atoms with Crippen molar-refractivity contribution >= 4 is 5.91 Å². The Labute approximate surface area is 131 Å². The Hall–Kier alpha value is -1.97. The first-order chi connectivity index (χ1) is 10.8. The highest BCUT2D eigenvalue weighted by molar-refractivity contribution is 5.92. The number of ether oxygens (including phenoxy) is 2. The lowest BCUT2D eigenvalue weighted by molar-refractivity contribution is -0.135. The van der Waals surface area contributed by atoms with E-state index in [4.69, 9.17) is 9.47 Å². The first kappa shape index (κ1) is 14.9. The Morgan fingerprint density at radius 1 is 1.14 bits per heavy atom. The summed E-state index contributed by atoms with van der Waals surface area (Å²) in [4.78, 5) is 14.9. The van der Waals surface area contributed by atoms with Crippen LogP contribution in [0.4, 0.5) is 0 Å². The van der Waals surface area contributed by atoms with Crippen molar-refractivity contribution in [3.05, 3.63) is 47.4 Å². The molecule has 1 amide bonds. The maximum Gasteiger partial charge on any atom is 0.293 e. The van der Waals surface area contributed by atoms with E-state index in [0.717, 1.165) is 18.4 Å². The Balaban J connectivity index is 1.83. The van der Waals surface area contributed by atoms with E-state index in [2.05, 4.69) is 12.1 Å². The zero-order valence-electron chi connectivity index (χ0n) is 13.1. The van der Waals surface area contributed by atoms with Crippen LogP contribution >= 0.6 is 0 Å². The quantitative estimate of drug-likeness (QED) is 0.857. The van der Waals surface area contributed by atoms with Gasteiger partial charge in [0.25, 0.3) is 5.91 Å². The van der Waals surface area contributed by atoms with Gasteiger partial charge >= 0.3 is 0 Å². The monoisotopic (exact) mass is 301 g/mol. The number of hydrogen-bond donors (Lipinski definition) is 0. The highest BCUT2D eigenvalue weighted by atomic mass is 16.6. The summed E-state index contributed by atoms with van der Waals surface area (Å²) in [6, 6.07) is 10.5. The van der Waals surface area contributed by atoms with Gasteiger partial charge in [-0.2, -0.15) is 0 Å². The van der Waals surface area contributed by atoms with E-state index in [1.54, 1.807) is 0 Å². The van der Waals surface area contributed by atoms with Gasteiger partial charge in [-0.15, -0.1) is 0 Å². The number of nitrogens with zero attached hydrogens (tertiary/aromatic N) is 1. The average Bonchev–Trinajstić information content (AvgIpc) is 3.08. The Morgan fingerprint density at radius 2 is 1.82 bits per heavy atom. The van der Waals surface area contributed by atoms with Crippen molar-refractivity contribution in [2.24, 2.45) is 0 Å². The van der Waals surface area contributed by atoms with Crippen molar-refractivity contribution in [3.8, 4) is 0 Å². The summed E-state index contributed by atoms with van der Waals surface area (Å²) in [5.74, 6) is 0.953. The molecule has 118 valence electrons. The summed E-state index contributed by atoms with van der Waals surface area (Å²) >= 11 is 0. The largest absolute Gasteiger partial charge is 0.491 e. The molecule has 2 aliphatic rings. The molecule has 0 radical (unpaired) electrons. The third kappa shape index (κ3) is 3.26. The van der Waals surface area contributed by atoms with Gasteiger partial charge in [0.1, 0.15) is 19.0 Å². The molecular formula is C18H23NO3. The SMILES string of the molecule is CC1=C(C(=O)N(Cc2ccccc2)C2CCCC2)OCCO1. The summed E-state index contributed by atoms with van der Waals surface area (Å²) in [6.07, 6.45) is 4.54. The zero-order chi connectivity index (χ0) is 15.4. The number of rotatable bonds is 4. The van der Waals surface area contributed by atoms with Crippen LogP contribution < -0.4 is 0 Å². The summed E-state index contributed by atoms with van der Waals surface area (Å²) in [7, 11) is 0. The van der Waals surface area contributed by atoms with Gasteiger partial charge in [0.15, 0.2) is 0 Å². The van der Waals surface area contributed by atoms with E-state index in [0.29, 0.717) is 37.3 Å². The van der Waals surface area contributed by atoms with Gasteiger partial charge in [-0.05, 0) is 25.3 Å². The minimum absolute atomic E-state index is 0.0343. The van der Waals surface area contributed by atoms with Crippen LogP contribution in [0.5, 0.6) is 0 Å². The van der Waals surface area contributed by atoms with Gasteiger partial charge in [0.2, 0.25) is 5.76 Å². The molecule has 4 nitrogen and oxygen atoms in total. The fourth-order valence-electron chi connectivity index (χ4n) is 3.21. The summed E-state index contributed by atoms with van der Waals surface area (Å²) in [6.45, 7) is 3.40. The molecule has 1 fully saturated rings. The van der Waals surface area contributed by atoms with E-state index in [9.17, 15) is 4.79 Å². The molecule has 0 atom stereocenters. The third-order valence-electron chi connectivity index (χ3n) is 4.38. The second kappa shape index (κ2) is 6.86. The van der Waals surface area contributed by atoms with Gasteiger partial charge in [-0.3, -0.25) is 4.79 Å². The van der Waals surface area contributed by atoms with E-state index in [1.807, 2.05) is 30.0 Å². The fraction of sp³-hybridized carbons (Fsp3) is 0.500. The molecular weight excluding hydrogens is 278 g/mol. The van der Waals surface area contributed by atoms with Gasteiger partial charge in [-0.1, -0.05) is 43.2 Å². The summed E-state index contributed by atoms with van der Waals surface area (Å²) < 4.78 is 11.1. The highest BCUT2D eigenvalue weighted by Crippen LogP contribution is 2.28. The van der Waals surface area contributed by atoms with Gasteiger partial charge < -0.3 is 14.4 Å². The van der Waals surface area contributed by atoms with Crippen molar-refractivity contribution in [2.75, 3.05) is 13.2 Å². The van der Waals surface area contributed by atoms with Crippen LogP contribution in [0, 0.1) is 0 Å². The number of benzene rings is 1. The topological polar surface area (TPSA) is 38.8 Å². The third-order valence-corrected chi connectivity index (χ3v) is 4.38. The smallest absolute Gasteiger partial charge is 0.293 e. The second-order valence-electron chi connectivity index (χ2n) is 5.94. The van der Waals surface area contributed by atoms with Crippen molar-refractivity contribution in [1.29, 1.82) is 0 Å². The molecule has 3 rings (SSSR count). The lowest BCUT2D eigenvalue weighted by atomic mass is 10.1. The van der Waals surface area contributed by atoms with Crippen LogP contribution in [0.15, 0.2) is 41.9 Å². The molecule has 1 aromatic carbocycles. The highest BCUT2D eigenvalue weighted by Gasteiger charge is 2.32. The fourth-order valence-corrected chi connectivity index (χ4v) is 3.21. The van der Waals surface area contributed by atoms with Crippen molar-refractivity contribution in [3.63, 3.8) is 0 Å². The van der Waals surface area contributed by atoms with Gasteiger partial charge in [-0.25, -0.2) is 0 Å². The summed E-state index contributed by atoms with van der Waals surface area (Å²) in [5, 5.41) is 0. The van der Waals surface area contributed by atoms with Gasteiger partial charge in [0.05, 0.1) is 0 Å². The first-order valence-electron chi connectivity index (χ1n) is 8.07. The molecule has 0 N–H and O–H groups in total. The molecule has 0 unspecified atom stereocenters. The van der Waals surface area contributed by atoms with Crippen LogP contribution in [0.2, 0.25) is 0 Å². The predicted molar refractivity (Wildman–Crippen MR) is 83.9 cm³/mol. The van der Waals surface area contributed by atoms with E-state index in [1.165, 1.54) is 12.8 Å². The lowest BCUT2D eigenvalue weighted by Crippen LogP contribution is -2.40. The maximum atomic E-state index is 13.0. The number of hydrogen-bond acceptors (Lipinski definition) is 3. The molecule has 4 heteroatoms. The van der Waals surface area contributed by atoms with Crippen LogP contribution in [0.25, 0.3) is 0 Å². The number of carbonyl (C=O) groups is 1. The minimum Gasteiger partial charge on any atom is -0.491 e. The summed E-state index contributed by atoms with van der Waals surface area (Å²) in [5.41, 5.74) is 1.15. The number of allylic oxidation sites excluding steroid dienone is 1. The maximum absolute atomic E-state index is 13.0. The Kier molecular flexibility index (Phi) is 4.66. The first-order valence-corrected chi connectivity index (χ1v) is 8.07. The van der Waals surface area contributed by atoms with E-state index < -0.39 is 0 Å². The van der Waals surface area contributed by atoms with Crippen LogP contribution in [0.1, 0.15) is 38.2 Å². The Bertz CT molecular complexity index is 547. The van der Waals surface area contributed by atoms with Gasteiger partial charge in [0, 0.05) is 12.6 Å². The molecule has 0 saturated heterocycles. The van der Waals surface area contributed by atoms with E-state index in [-0.39, 0.29) is 5.91 Å². The van der Waals surface area contributed by atoms with Crippen LogP contribution in [-0.2, 0) is 20.8 Å². The lowest BCUT2D eigenvalue weighted by Gasteiger charge is -2.31. The van der Waals surface area contributed by atoms with Crippen molar-refractivity contribution in [2.45, 2.75) is 45.2 Å². The minimum atomic E-state index is -0.0343. The normalized spacial score (nSPS) is 18.8. The molecule has 0 bridgehead atoms. The zero-order valence-corrected chi connectivity index (χ0v) is 13.1. The number of carbonyl (C=O) groups excluding carboxylic acids is 1. The molecule has 0 spiro atoms. The molecule has 1 aliphatic carbocycles. The second-order valence-corrected chi connectivity index (χ2v) is 5.94. The average molecular weight is 301 g/mol. The molecule has 22 heavy (non-hydrogen) atoms. The molecule has 1 saturated carbocycles. The van der Waals surface area contributed by atoms with E-state index >= 15 is 0 Å². The number of amides is 1. The molecule has 1 aromatic rings. The van der Waals surface area contributed by atoms with Crippen molar-refractivity contribution < 1.29 is 14.3 Å². The van der Waals surface area contributed by atoms with Crippen LogP contribution in [-0.4, -0.2) is 30.1 Å².